The van der Waals surface area contributed by atoms with Gasteiger partial charge in [0.15, 0.2) is 0 Å². The van der Waals surface area contributed by atoms with Crippen molar-refractivity contribution in [2.24, 2.45) is 0 Å². The number of ether oxygens (including phenoxy) is 1. The van der Waals surface area contributed by atoms with Crippen LogP contribution in [-0.4, -0.2) is 44.0 Å². The molecule has 1 nitrogen and oxygen atoms in total. The fraction of sp³-hybridized carbons (Fsp3) is 0.250. The maximum absolute atomic E-state index is 5.39. The molecule has 0 aromatic heterocycles. The highest BCUT2D eigenvalue weighted by Crippen LogP contribution is 2.41. The van der Waals surface area contributed by atoms with Crippen LogP contribution < -0.4 is 26.5 Å². The molecular formula is C48H59OP5. The zero-order valence-corrected chi connectivity index (χ0v) is 37.4. The Bertz CT molecular complexity index is 1780. The Labute approximate surface area is 335 Å². The molecule has 6 rings (SSSR count). The first kappa shape index (κ1) is 44.1. The van der Waals surface area contributed by atoms with Crippen LogP contribution >= 0.6 is 41.6 Å². The first-order valence-corrected chi connectivity index (χ1v) is 26.1. The molecule has 0 saturated heterocycles. The summed E-state index contributed by atoms with van der Waals surface area (Å²) in [6, 6.07) is 60.8. The second-order valence-electron chi connectivity index (χ2n) is 13.0. The summed E-state index contributed by atoms with van der Waals surface area (Å²) >= 11 is 0. The lowest BCUT2D eigenvalue weighted by molar-refractivity contribution is 0.255. The fourth-order valence-electron chi connectivity index (χ4n) is 5.92. The first-order chi connectivity index (χ1) is 26.6. The van der Waals surface area contributed by atoms with Gasteiger partial charge in [-0.3, -0.25) is 0 Å². The van der Waals surface area contributed by atoms with Crippen molar-refractivity contribution in [2.45, 2.75) is 33.6 Å². The number of hydrogen-bond donors (Lipinski definition) is 0. The van der Waals surface area contributed by atoms with Crippen LogP contribution in [0.25, 0.3) is 0 Å². The van der Waals surface area contributed by atoms with Crippen LogP contribution in [-0.2, 0) is 11.2 Å². The van der Waals surface area contributed by atoms with E-state index in [-0.39, 0.29) is 15.8 Å². The predicted octanol–water partition coefficient (Wildman–Crippen LogP) is 11.4. The molecule has 5 atom stereocenters. The van der Waals surface area contributed by atoms with Crippen molar-refractivity contribution < 1.29 is 4.74 Å². The highest BCUT2D eigenvalue weighted by molar-refractivity contribution is 7.75. The summed E-state index contributed by atoms with van der Waals surface area (Å²) in [4.78, 5) is 0. The maximum Gasteiger partial charge on any atom is 0.0697 e. The van der Waals surface area contributed by atoms with Crippen LogP contribution in [0.15, 0.2) is 170 Å². The second kappa shape index (κ2) is 27.1. The number of aryl methyl sites for hydroxylation is 3. The zero-order chi connectivity index (χ0) is 38.1. The molecule has 5 unspecified atom stereocenters. The van der Waals surface area contributed by atoms with Crippen molar-refractivity contribution in [2.75, 3.05) is 44.0 Å². The number of rotatable bonds is 17. The number of benzene rings is 6. The molecule has 0 amide bonds. The lowest BCUT2D eigenvalue weighted by atomic mass is 10.1. The van der Waals surface area contributed by atoms with Crippen LogP contribution in [0, 0.1) is 13.8 Å². The Morgan fingerprint density at radius 1 is 0.519 bits per heavy atom. The molecule has 282 valence electrons. The minimum Gasteiger partial charge on any atom is -0.380 e. The van der Waals surface area contributed by atoms with Gasteiger partial charge in [0.1, 0.15) is 0 Å². The number of hydrogen-bond acceptors (Lipinski definition) is 1. The van der Waals surface area contributed by atoms with E-state index >= 15 is 0 Å². The van der Waals surface area contributed by atoms with Gasteiger partial charge in [0, 0.05) is 7.11 Å². The molecule has 0 aliphatic heterocycles. The molecule has 0 saturated carbocycles. The molecule has 0 fully saturated rings. The van der Waals surface area contributed by atoms with Gasteiger partial charge in [-0.25, -0.2) is 0 Å². The summed E-state index contributed by atoms with van der Waals surface area (Å²) in [5.41, 5.74) is 4.36. The van der Waals surface area contributed by atoms with Crippen molar-refractivity contribution in [3.05, 3.63) is 187 Å². The van der Waals surface area contributed by atoms with Gasteiger partial charge in [0.25, 0.3) is 0 Å². The fourth-order valence-corrected chi connectivity index (χ4v) is 15.5. The lowest BCUT2D eigenvalue weighted by Crippen LogP contribution is -2.09. The van der Waals surface area contributed by atoms with Gasteiger partial charge in [-0.2, -0.15) is 0 Å². The molecule has 0 heterocycles. The predicted molar refractivity (Wildman–Crippen MR) is 255 cm³/mol. The van der Waals surface area contributed by atoms with Crippen molar-refractivity contribution in [3.63, 3.8) is 0 Å². The smallest absolute Gasteiger partial charge is 0.0697 e. The Balaban J connectivity index is 0.000000181. The van der Waals surface area contributed by atoms with Gasteiger partial charge in [-0.1, -0.05) is 210 Å². The molecule has 0 spiro atoms. The Morgan fingerprint density at radius 3 is 1.61 bits per heavy atom. The normalized spacial score (nSPS) is 12.4. The molecule has 0 bridgehead atoms. The van der Waals surface area contributed by atoms with E-state index in [1.165, 1.54) is 81.3 Å². The van der Waals surface area contributed by atoms with Gasteiger partial charge in [0.05, 0.1) is 6.35 Å². The minimum absolute atomic E-state index is 0.00190. The van der Waals surface area contributed by atoms with Crippen molar-refractivity contribution >= 4 is 68.1 Å². The molecule has 0 aliphatic rings. The summed E-state index contributed by atoms with van der Waals surface area (Å²) in [6.07, 6.45) is 8.48. The third-order valence-corrected chi connectivity index (χ3v) is 19.3. The van der Waals surface area contributed by atoms with Crippen LogP contribution in [0.5, 0.6) is 0 Å². The summed E-state index contributed by atoms with van der Waals surface area (Å²) in [5.74, 6) is 1.33. The van der Waals surface area contributed by atoms with E-state index in [1.807, 2.05) is 0 Å². The van der Waals surface area contributed by atoms with Gasteiger partial charge >= 0.3 is 0 Å². The summed E-state index contributed by atoms with van der Waals surface area (Å²) in [6.45, 7) is 6.81. The Morgan fingerprint density at radius 2 is 1.04 bits per heavy atom. The first-order valence-electron chi connectivity index (χ1n) is 19.1. The van der Waals surface area contributed by atoms with Crippen LogP contribution in [0.1, 0.15) is 30.0 Å². The van der Waals surface area contributed by atoms with Crippen molar-refractivity contribution in [3.8, 4) is 0 Å². The standard InChI is InChI=1S/C17H22P2.C16H20OP2.C15H17P/c1-4-19(17-12-8-6-10-15(17)3)13-18-16-11-7-5-9-14(16)2;1-17-14-19(16-10-6-3-7-11-16)13-12-18-15-8-4-2-5-9-15;1-3-8-14(9-4-1)10-7-13-16-15-11-5-2-6-12-15/h5-12,18H,4,13H2,1-3H3;2-11,18H,12-14H2,1H3;1-6,8-9,11-12,16H,7,10,13H2. The van der Waals surface area contributed by atoms with Crippen LogP contribution in [0.4, 0.5) is 0 Å². The average molecular weight is 807 g/mol. The maximum atomic E-state index is 5.39. The molecule has 6 aromatic carbocycles. The molecular weight excluding hydrogens is 747 g/mol. The zero-order valence-electron chi connectivity index (χ0n) is 32.6. The van der Waals surface area contributed by atoms with E-state index in [9.17, 15) is 0 Å². The molecule has 0 radical (unpaired) electrons. The SMILES string of the molecule is CCP(CPc1ccccc1C)c1ccccc1C.COCP(CCPc1ccccc1)c1ccccc1.c1ccc(CCCPc2ccccc2)cc1. The Hall–Kier alpha value is -2.57. The van der Waals surface area contributed by atoms with E-state index < -0.39 is 0 Å². The Kier molecular flexibility index (Phi) is 22.2. The average Bonchev–Trinajstić information content (AvgIpc) is 3.23. The summed E-state index contributed by atoms with van der Waals surface area (Å²) < 4.78 is 5.39. The third-order valence-electron chi connectivity index (χ3n) is 8.92. The van der Waals surface area contributed by atoms with E-state index in [0.29, 0.717) is 0 Å². The molecule has 54 heavy (non-hydrogen) atoms. The molecule has 6 heteroatoms. The van der Waals surface area contributed by atoms with E-state index in [0.717, 1.165) is 32.1 Å². The van der Waals surface area contributed by atoms with E-state index in [1.54, 1.807) is 12.4 Å². The molecule has 0 N–H and O–H groups in total. The topological polar surface area (TPSA) is 9.23 Å². The number of methoxy groups -OCH3 is 1. The molecule has 0 aliphatic carbocycles. The van der Waals surface area contributed by atoms with Crippen molar-refractivity contribution in [1.82, 2.24) is 0 Å². The van der Waals surface area contributed by atoms with E-state index in [2.05, 4.69) is 191 Å². The van der Waals surface area contributed by atoms with Crippen LogP contribution in [0.2, 0.25) is 0 Å². The van der Waals surface area contributed by atoms with Gasteiger partial charge in [-0.15, -0.1) is 0 Å². The minimum atomic E-state index is -0.167. The summed E-state index contributed by atoms with van der Waals surface area (Å²) in [7, 11) is 4.44. The largest absolute Gasteiger partial charge is 0.380 e. The van der Waals surface area contributed by atoms with Gasteiger partial charge in [-0.05, 0) is 108 Å². The highest BCUT2D eigenvalue weighted by Gasteiger charge is 2.12. The van der Waals surface area contributed by atoms with E-state index in [4.69, 9.17) is 4.74 Å². The second-order valence-corrected chi connectivity index (χ2v) is 22.5. The monoisotopic (exact) mass is 806 g/mol. The van der Waals surface area contributed by atoms with Crippen LogP contribution in [0.3, 0.4) is 0 Å². The third kappa shape index (κ3) is 17.1. The van der Waals surface area contributed by atoms with Gasteiger partial charge < -0.3 is 4.74 Å². The highest BCUT2D eigenvalue weighted by atomic mass is 31.2. The van der Waals surface area contributed by atoms with Crippen molar-refractivity contribution in [1.29, 1.82) is 0 Å². The lowest BCUT2D eigenvalue weighted by Gasteiger charge is -2.19. The summed E-state index contributed by atoms with van der Waals surface area (Å²) in [5, 5.41) is 7.54. The quantitative estimate of drug-likeness (QED) is 0.0659. The van der Waals surface area contributed by atoms with Gasteiger partial charge in [0.2, 0.25) is 0 Å². The molecule has 6 aromatic rings.